The van der Waals surface area contributed by atoms with Crippen LogP contribution in [-0.2, 0) is 11.3 Å². The quantitative estimate of drug-likeness (QED) is 0.340. The fraction of sp³-hybridized carbons (Fsp3) is 0.625. The van der Waals surface area contributed by atoms with Gasteiger partial charge in [0.15, 0.2) is 0 Å². The SMILES string of the molecule is CCCCCCC(=O)N/N=C/c1c(O)n(CCCC)c(=O)[nH]c1=O. The van der Waals surface area contributed by atoms with Gasteiger partial charge in [-0.25, -0.2) is 10.2 Å². The fourth-order valence-corrected chi connectivity index (χ4v) is 2.15. The summed E-state index contributed by atoms with van der Waals surface area (Å²) in [4.78, 5) is 37.2. The van der Waals surface area contributed by atoms with Crippen molar-refractivity contribution in [3.05, 3.63) is 26.4 Å². The van der Waals surface area contributed by atoms with Gasteiger partial charge in [-0.2, -0.15) is 5.10 Å². The van der Waals surface area contributed by atoms with Gasteiger partial charge in [0.25, 0.3) is 5.56 Å². The number of carbonyl (C=O) groups is 1. The summed E-state index contributed by atoms with van der Waals surface area (Å²) in [5.74, 6) is -0.698. The second-order valence-electron chi connectivity index (χ2n) is 5.61. The number of unbranched alkanes of at least 4 members (excludes halogenated alkanes) is 4. The Balaban J connectivity index is 2.74. The number of aromatic amines is 1. The highest BCUT2D eigenvalue weighted by atomic mass is 16.3. The molecule has 0 aromatic carbocycles. The third-order valence-corrected chi connectivity index (χ3v) is 3.58. The minimum absolute atomic E-state index is 0.156. The maximum atomic E-state index is 11.8. The van der Waals surface area contributed by atoms with Crippen LogP contribution in [0.25, 0.3) is 0 Å². The number of aromatic hydroxyl groups is 1. The Labute approximate surface area is 140 Å². The Morgan fingerprint density at radius 3 is 2.58 bits per heavy atom. The van der Waals surface area contributed by atoms with Gasteiger partial charge in [-0.05, 0) is 12.8 Å². The normalized spacial score (nSPS) is 11.1. The van der Waals surface area contributed by atoms with E-state index < -0.39 is 17.1 Å². The molecule has 8 nitrogen and oxygen atoms in total. The number of hydrazone groups is 1. The zero-order valence-electron chi connectivity index (χ0n) is 14.3. The van der Waals surface area contributed by atoms with E-state index in [9.17, 15) is 19.5 Å². The average Bonchev–Trinajstić information content (AvgIpc) is 2.54. The van der Waals surface area contributed by atoms with Gasteiger partial charge in [-0.15, -0.1) is 0 Å². The molecule has 0 aliphatic heterocycles. The van der Waals surface area contributed by atoms with Gasteiger partial charge in [0.1, 0.15) is 5.56 Å². The predicted octanol–water partition coefficient (Wildman–Crippen LogP) is 1.46. The van der Waals surface area contributed by atoms with Crippen molar-refractivity contribution in [1.82, 2.24) is 15.0 Å². The summed E-state index contributed by atoms with van der Waals surface area (Å²) in [6, 6.07) is 0. The molecule has 0 aliphatic carbocycles. The zero-order valence-corrected chi connectivity index (χ0v) is 14.3. The lowest BCUT2D eigenvalue weighted by Crippen LogP contribution is -2.32. The summed E-state index contributed by atoms with van der Waals surface area (Å²) in [6.07, 6.45) is 6.87. The molecule has 0 aliphatic rings. The number of aromatic nitrogens is 2. The molecule has 1 rings (SSSR count). The minimum Gasteiger partial charge on any atom is -0.494 e. The van der Waals surface area contributed by atoms with Crippen molar-refractivity contribution >= 4 is 12.1 Å². The van der Waals surface area contributed by atoms with Crippen molar-refractivity contribution < 1.29 is 9.90 Å². The third kappa shape index (κ3) is 6.02. The second-order valence-corrected chi connectivity index (χ2v) is 5.61. The minimum atomic E-state index is -0.744. The second kappa shape index (κ2) is 10.4. The van der Waals surface area contributed by atoms with Gasteiger partial charge in [0, 0.05) is 13.0 Å². The molecule has 0 unspecified atom stereocenters. The van der Waals surface area contributed by atoms with Crippen molar-refractivity contribution in [2.24, 2.45) is 5.10 Å². The van der Waals surface area contributed by atoms with E-state index in [2.05, 4.69) is 22.4 Å². The number of hydrogen-bond acceptors (Lipinski definition) is 5. The van der Waals surface area contributed by atoms with Gasteiger partial charge >= 0.3 is 5.69 Å². The van der Waals surface area contributed by atoms with Crippen molar-refractivity contribution in [1.29, 1.82) is 0 Å². The molecule has 0 radical (unpaired) electrons. The highest BCUT2D eigenvalue weighted by Crippen LogP contribution is 2.08. The number of amides is 1. The molecule has 0 atom stereocenters. The molecule has 1 aromatic rings. The first-order valence-electron chi connectivity index (χ1n) is 8.39. The van der Waals surface area contributed by atoms with E-state index in [1.54, 1.807) is 0 Å². The van der Waals surface area contributed by atoms with E-state index >= 15 is 0 Å². The lowest BCUT2D eigenvalue weighted by atomic mass is 10.1. The number of carbonyl (C=O) groups excluding carboxylic acids is 1. The number of hydrogen-bond donors (Lipinski definition) is 3. The topological polar surface area (TPSA) is 117 Å². The van der Waals surface area contributed by atoms with Gasteiger partial charge in [-0.1, -0.05) is 39.5 Å². The highest BCUT2D eigenvalue weighted by Gasteiger charge is 2.12. The molecule has 134 valence electrons. The van der Waals surface area contributed by atoms with Crippen LogP contribution < -0.4 is 16.7 Å². The van der Waals surface area contributed by atoms with Crippen LogP contribution in [0.5, 0.6) is 5.88 Å². The van der Waals surface area contributed by atoms with Gasteiger partial charge < -0.3 is 5.11 Å². The van der Waals surface area contributed by atoms with Crippen molar-refractivity contribution in [2.45, 2.75) is 65.3 Å². The Morgan fingerprint density at radius 1 is 1.21 bits per heavy atom. The van der Waals surface area contributed by atoms with Crippen LogP contribution in [0.15, 0.2) is 14.7 Å². The first-order valence-corrected chi connectivity index (χ1v) is 8.39. The summed E-state index contributed by atoms with van der Waals surface area (Å²) in [7, 11) is 0. The summed E-state index contributed by atoms with van der Waals surface area (Å²) in [6.45, 7) is 4.34. The predicted molar refractivity (Wildman–Crippen MR) is 92.4 cm³/mol. The van der Waals surface area contributed by atoms with Crippen molar-refractivity contribution in [3.63, 3.8) is 0 Å². The van der Waals surface area contributed by atoms with Crippen molar-refractivity contribution in [2.75, 3.05) is 0 Å². The lowest BCUT2D eigenvalue weighted by molar-refractivity contribution is -0.121. The third-order valence-electron chi connectivity index (χ3n) is 3.58. The number of nitrogens with zero attached hydrogens (tertiary/aromatic N) is 2. The Morgan fingerprint density at radius 2 is 1.92 bits per heavy atom. The molecule has 3 N–H and O–H groups in total. The van der Waals surface area contributed by atoms with Crippen LogP contribution in [-0.4, -0.2) is 26.8 Å². The number of H-pyrrole nitrogens is 1. The van der Waals surface area contributed by atoms with Crippen LogP contribution >= 0.6 is 0 Å². The fourth-order valence-electron chi connectivity index (χ4n) is 2.15. The van der Waals surface area contributed by atoms with E-state index in [0.717, 1.165) is 42.9 Å². The molecule has 24 heavy (non-hydrogen) atoms. The van der Waals surface area contributed by atoms with Gasteiger partial charge in [-0.3, -0.25) is 19.1 Å². The largest absolute Gasteiger partial charge is 0.494 e. The Kier molecular flexibility index (Phi) is 8.53. The summed E-state index contributed by atoms with van der Waals surface area (Å²) >= 11 is 0. The average molecular weight is 338 g/mol. The molecule has 0 fully saturated rings. The van der Waals surface area contributed by atoms with E-state index in [-0.39, 0.29) is 11.5 Å². The van der Waals surface area contributed by atoms with E-state index in [4.69, 9.17) is 0 Å². The number of rotatable bonds is 10. The molecule has 0 bridgehead atoms. The molecule has 1 heterocycles. The van der Waals surface area contributed by atoms with E-state index in [1.165, 1.54) is 0 Å². The van der Waals surface area contributed by atoms with Crippen LogP contribution in [0.1, 0.15) is 64.4 Å². The van der Waals surface area contributed by atoms with Crippen molar-refractivity contribution in [3.8, 4) is 5.88 Å². The smallest absolute Gasteiger partial charge is 0.331 e. The molecular formula is C16H26N4O4. The molecule has 1 amide bonds. The summed E-state index contributed by atoms with van der Waals surface area (Å²) in [5, 5.41) is 13.8. The Bertz CT molecular complexity index is 676. The van der Waals surface area contributed by atoms with Gasteiger partial charge in [0.05, 0.1) is 6.21 Å². The van der Waals surface area contributed by atoms with E-state index in [0.29, 0.717) is 19.4 Å². The number of nitrogens with one attached hydrogen (secondary N) is 2. The summed E-state index contributed by atoms with van der Waals surface area (Å²) in [5.41, 5.74) is 0.755. The monoisotopic (exact) mass is 338 g/mol. The summed E-state index contributed by atoms with van der Waals surface area (Å²) < 4.78 is 1.08. The zero-order chi connectivity index (χ0) is 17.9. The molecule has 0 spiro atoms. The molecule has 8 heteroatoms. The molecule has 0 saturated carbocycles. The van der Waals surface area contributed by atoms with Crippen LogP contribution in [0, 0.1) is 0 Å². The van der Waals surface area contributed by atoms with E-state index in [1.807, 2.05) is 6.92 Å². The lowest BCUT2D eigenvalue weighted by Gasteiger charge is -2.08. The molecule has 0 saturated heterocycles. The van der Waals surface area contributed by atoms with Crippen LogP contribution in [0.3, 0.4) is 0 Å². The molecule has 1 aromatic heterocycles. The maximum absolute atomic E-state index is 11.8. The van der Waals surface area contributed by atoms with Crippen LogP contribution in [0.2, 0.25) is 0 Å². The standard InChI is InChI=1S/C16H26N4O4/c1-3-5-7-8-9-13(21)19-17-11-12-14(22)18-16(24)20(15(12)23)10-6-4-2/h11,23H,3-10H2,1-2H3,(H,19,21)(H,18,22,24)/b17-11+. The van der Waals surface area contributed by atoms with Crippen LogP contribution in [0.4, 0.5) is 0 Å². The highest BCUT2D eigenvalue weighted by molar-refractivity contribution is 5.83. The van der Waals surface area contributed by atoms with Gasteiger partial charge in [0.2, 0.25) is 11.8 Å². The maximum Gasteiger partial charge on any atom is 0.331 e. The molecular weight excluding hydrogens is 312 g/mol. The first kappa shape index (κ1) is 19.7. The first-order chi connectivity index (χ1) is 11.5. The Hall–Kier alpha value is -2.38.